The van der Waals surface area contributed by atoms with Crippen LogP contribution < -0.4 is 10.1 Å². The molecule has 0 bridgehead atoms. The summed E-state index contributed by atoms with van der Waals surface area (Å²) < 4.78 is 13.0. The van der Waals surface area contributed by atoms with Crippen molar-refractivity contribution in [2.24, 2.45) is 0 Å². The highest BCUT2D eigenvalue weighted by Gasteiger charge is 2.14. The zero-order valence-corrected chi connectivity index (χ0v) is 18.2. The third-order valence-corrected chi connectivity index (χ3v) is 5.16. The molecule has 0 atom stereocenters. The molecule has 0 aliphatic rings. The SMILES string of the molecule is Cc1ccccc1Cn1ccc(NC(=O)c2ccc(COc3ccc(Cl)cc3Cl)o2)n1. The fourth-order valence-corrected chi connectivity index (χ4v) is 3.44. The van der Waals surface area contributed by atoms with Gasteiger partial charge in [-0.05, 0) is 48.4 Å². The predicted molar refractivity (Wildman–Crippen MR) is 120 cm³/mol. The average molecular weight is 456 g/mol. The molecule has 0 fully saturated rings. The third-order valence-electron chi connectivity index (χ3n) is 4.63. The van der Waals surface area contributed by atoms with Gasteiger partial charge in [-0.3, -0.25) is 9.48 Å². The first-order valence-corrected chi connectivity index (χ1v) is 10.3. The number of anilines is 1. The van der Waals surface area contributed by atoms with Gasteiger partial charge >= 0.3 is 0 Å². The van der Waals surface area contributed by atoms with Gasteiger partial charge in [0.15, 0.2) is 11.6 Å². The lowest BCUT2D eigenvalue weighted by molar-refractivity contribution is 0.0992. The minimum absolute atomic E-state index is 0.125. The summed E-state index contributed by atoms with van der Waals surface area (Å²) in [4.78, 5) is 12.5. The van der Waals surface area contributed by atoms with Crippen molar-refractivity contribution in [2.45, 2.75) is 20.1 Å². The van der Waals surface area contributed by atoms with E-state index < -0.39 is 5.91 Å². The lowest BCUT2D eigenvalue weighted by atomic mass is 10.1. The van der Waals surface area contributed by atoms with E-state index in [0.717, 1.165) is 0 Å². The molecule has 0 saturated heterocycles. The second kappa shape index (κ2) is 9.29. The van der Waals surface area contributed by atoms with Crippen molar-refractivity contribution >= 4 is 34.9 Å². The largest absolute Gasteiger partial charge is 0.484 e. The standard InChI is InChI=1S/C23H19Cl2N3O3/c1-15-4-2-3-5-16(15)13-28-11-10-22(27-28)26-23(29)21-9-7-18(31-21)14-30-20-8-6-17(24)12-19(20)25/h2-12H,13-14H2,1H3,(H,26,27,29). The quantitative estimate of drug-likeness (QED) is 0.372. The summed E-state index contributed by atoms with van der Waals surface area (Å²) in [6.45, 7) is 2.80. The van der Waals surface area contributed by atoms with E-state index >= 15 is 0 Å². The molecule has 0 aliphatic heterocycles. The number of amides is 1. The van der Waals surface area contributed by atoms with Crippen LogP contribution in [-0.2, 0) is 13.2 Å². The number of benzene rings is 2. The Bertz CT molecular complexity index is 1220. The number of nitrogens with one attached hydrogen (secondary N) is 1. The first-order valence-electron chi connectivity index (χ1n) is 9.54. The summed E-state index contributed by atoms with van der Waals surface area (Å²) in [5.41, 5.74) is 2.36. The summed E-state index contributed by atoms with van der Waals surface area (Å²) in [5, 5.41) is 8.07. The maximum absolute atomic E-state index is 12.5. The molecule has 1 N–H and O–H groups in total. The highest BCUT2D eigenvalue weighted by molar-refractivity contribution is 6.35. The number of furan rings is 1. The molecule has 1 amide bonds. The molecule has 2 heterocycles. The highest BCUT2D eigenvalue weighted by atomic mass is 35.5. The molecule has 158 valence electrons. The Morgan fingerprint density at radius 3 is 2.77 bits per heavy atom. The first-order chi connectivity index (χ1) is 15.0. The first kappa shape index (κ1) is 21.0. The molecular formula is C23H19Cl2N3O3. The van der Waals surface area contributed by atoms with Crippen LogP contribution >= 0.6 is 23.2 Å². The molecule has 6 nitrogen and oxygen atoms in total. The van der Waals surface area contributed by atoms with Crippen LogP contribution in [0.5, 0.6) is 5.75 Å². The Labute approximate surface area is 189 Å². The van der Waals surface area contributed by atoms with Gasteiger partial charge in [0.1, 0.15) is 18.1 Å². The Hall–Kier alpha value is -3.22. The number of hydrogen-bond donors (Lipinski definition) is 1. The Morgan fingerprint density at radius 2 is 1.97 bits per heavy atom. The van der Waals surface area contributed by atoms with Gasteiger partial charge in [0, 0.05) is 17.3 Å². The van der Waals surface area contributed by atoms with E-state index in [9.17, 15) is 4.79 Å². The number of carbonyl (C=O) groups is 1. The molecule has 0 unspecified atom stereocenters. The van der Waals surface area contributed by atoms with E-state index in [1.54, 1.807) is 41.1 Å². The molecule has 0 radical (unpaired) electrons. The summed E-state index contributed by atoms with van der Waals surface area (Å²) in [6, 6.07) is 18.1. The van der Waals surface area contributed by atoms with Crippen LogP contribution in [0.1, 0.15) is 27.4 Å². The number of aryl methyl sites for hydroxylation is 1. The smallest absolute Gasteiger partial charge is 0.292 e. The fraction of sp³-hybridized carbons (Fsp3) is 0.130. The van der Waals surface area contributed by atoms with Gasteiger partial charge in [0.2, 0.25) is 0 Å². The molecule has 2 aromatic carbocycles. The molecule has 0 saturated carbocycles. The van der Waals surface area contributed by atoms with Crippen LogP contribution in [0.2, 0.25) is 10.0 Å². The Kier molecular flexibility index (Phi) is 6.30. The highest BCUT2D eigenvalue weighted by Crippen LogP contribution is 2.28. The zero-order chi connectivity index (χ0) is 21.8. The topological polar surface area (TPSA) is 69.3 Å². The molecule has 0 spiro atoms. The second-order valence-corrected chi connectivity index (χ2v) is 7.75. The van der Waals surface area contributed by atoms with Crippen molar-refractivity contribution in [3.05, 3.63) is 99.6 Å². The van der Waals surface area contributed by atoms with Crippen molar-refractivity contribution < 1.29 is 13.9 Å². The maximum Gasteiger partial charge on any atom is 0.292 e. The lowest BCUT2D eigenvalue weighted by Gasteiger charge is -2.06. The van der Waals surface area contributed by atoms with E-state index in [1.165, 1.54) is 11.1 Å². The summed E-state index contributed by atoms with van der Waals surface area (Å²) >= 11 is 12.0. The van der Waals surface area contributed by atoms with Crippen molar-refractivity contribution in [3.63, 3.8) is 0 Å². The van der Waals surface area contributed by atoms with E-state index in [-0.39, 0.29) is 12.4 Å². The molecular weight excluding hydrogens is 437 g/mol. The number of carbonyl (C=O) groups excluding carboxylic acids is 1. The lowest BCUT2D eigenvalue weighted by Crippen LogP contribution is -2.12. The maximum atomic E-state index is 12.5. The van der Waals surface area contributed by atoms with Gasteiger partial charge < -0.3 is 14.5 Å². The molecule has 31 heavy (non-hydrogen) atoms. The summed E-state index contributed by atoms with van der Waals surface area (Å²) in [5.74, 6) is 1.18. The number of hydrogen-bond acceptors (Lipinski definition) is 4. The second-order valence-electron chi connectivity index (χ2n) is 6.91. The molecule has 8 heteroatoms. The minimum Gasteiger partial charge on any atom is -0.484 e. The van der Waals surface area contributed by atoms with Crippen LogP contribution in [0.15, 0.2) is 71.3 Å². The van der Waals surface area contributed by atoms with Crippen LogP contribution in [0.4, 0.5) is 5.82 Å². The zero-order valence-electron chi connectivity index (χ0n) is 16.6. The van der Waals surface area contributed by atoms with Crippen molar-refractivity contribution in [1.29, 1.82) is 0 Å². The van der Waals surface area contributed by atoms with Crippen LogP contribution in [0.25, 0.3) is 0 Å². The fourth-order valence-electron chi connectivity index (χ4n) is 2.98. The van der Waals surface area contributed by atoms with Gasteiger partial charge in [-0.25, -0.2) is 0 Å². The molecule has 4 rings (SSSR count). The Balaban J connectivity index is 1.35. The predicted octanol–water partition coefficient (Wildman–Crippen LogP) is 5.97. The van der Waals surface area contributed by atoms with E-state index in [2.05, 4.69) is 29.5 Å². The van der Waals surface area contributed by atoms with E-state index in [1.807, 2.05) is 18.3 Å². The van der Waals surface area contributed by atoms with Crippen LogP contribution in [0, 0.1) is 6.92 Å². The number of halogens is 2. The van der Waals surface area contributed by atoms with Crippen LogP contribution in [0.3, 0.4) is 0 Å². The number of ether oxygens (including phenoxy) is 1. The molecule has 4 aromatic rings. The summed E-state index contributed by atoms with van der Waals surface area (Å²) in [7, 11) is 0. The monoisotopic (exact) mass is 455 g/mol. The van der Waals surface area contributed by atoms with Crippen molar-refractivity contribution in [2.75, 3.05) is 5.32 Å². The van der Waals surface area contributed by atoms with Gasteiger partial charge in [-0.1, -0.05) is 47.5 Å². The number of rotatable bonds is 7. The van der Waals surface area contributed by atoms with Crippen molar-refractivity contribution in [3.8, 4) is 5.75 Å². The summed E-state index contributed by atoms with van der Waals surface area (Å²) in [6.07, 6.45) is 1.82. The third kappa shape index (κ3) is 5.29. The van der Waals surface area contributed by atoms with E-state index in [4.69, 9.17) is 32.4 Å². The number of aromatic nitrogens is 2. The van der Waals surface area contributed by atoms with E-state index in [0.29, 0.717) is 33.9 Å². The molecule has 2 aromatic heterocycles. The molecule has 0 aliphatic carbocycles. The number of nitrogens with zero attached hydrogens (tertiary/aromatic N) is 2. The average Bonchev–Trinajstić information content (AvgIpc) is 3.39. The van der Waals surface area contributed by atoms with Gasteiger partial charge in [-0.15, -0.1) is 0 Å². The Morgan fingerprint density at radius 1 is 1.13 bits per heavy atom. The van der Waals surface area contributed by atoms with Gasteiger partial charge in [-0.2, -0.15) is 5.10 Å². The minimum atomic E-state index is -0.392. The van der Waals surface area contributed by atoms with Gasteiger partial charge in [0.05, 0.1) is 11.6 Å². The van der Waals surface area contributed by atoms with Gasteiger partial charge in [0.25, 0.3) is 5.91 Å². The normalized spacial score (nSPS) is 10.8. The van der Waals surface area contributed by atoms with Crippen molar-refractivity contribution in [1.82, 2.24) is 9.78 Å². The van der Waals surface area contributed by atoms with Crippen LogP contribution in [-0.4, -0.2) is 15.7 Å².